The molecular weight excluding hydrogens is 266 g/mol. The Hall–Kier alpha value is -1.85. The molecule has 0 fully saturated rings. The fraction of sp³-hybridized carbons (Fsp3) is 0.231. The van der Waals surface area contributed by atoms with E-state index in [1.54, 1.807) is 12.1 Å². The van der Waals surface area contributed by atoms with Gasteiger partial charge in [-0.25, -0.2) is 4.98 Å². The predicted molar refractivity (Wildman–Crippen MR) is 74.6 cm³/mol. The van der Waals surface area contributed by atoms with Crippen LogP contribution in [0.1, 0.15) is 6.42 Å². The molecule has 5 nitrogen and oxygen atoms in total. The van der Waals surface area contributed by atoms with Gasteiger partial charge >= 0.3 is 0 Å². The molecule has 0 aliphatic rings. The van der Waals surface area contributed by atoms with Gasteiger partial charge in [-0.1, -0.05) is 11.6 Å². The highest BCUT2D eigenvalue weighted by Gasteiger charge is 2.10. The summed E-state index contributed by atoms with van der Waals surface area (Å²) in [5.41, 5.74) is 1.80. The Morgan fingerprint density at radius 1 is 1.42 bits per heavy atom. The molecule has 0 unspecified atom stereocenters. The maximum Gasteiger partial charge on any atom is 0.277 e. The SMILES string of the molecule is O=c1c2[nH]c3ccc(Cl)cc3c2ncn1CCCO. The highest BCUT2D eigenvalue weighted by Crippen LogP contribution is 2.24. The van der Waals surface area contributed by atoms with Gasteiger partial charge in [0.25, 0.3) is 5.56 Å². The Kier molecular flexibility index (Phi) is 3.00. The Labute approximate surface area is 113 Å². The van der Waals surface area contributed by atoms with E-state index in [0.717, 1.165) is 10.9 Å². The summed E-state index contributed by atoms with van der Waals surface area (Å²) >= 11 is 5.96. The predicted octanol–water partition coefficient (Wildman–Crippen LogP) is 1.91. The molecule has 0 spiro atoms. The summed E-state index contributed by atoms with van der Waals surface area (Å²) in [4.78, 5) is 19.7. The van der Waals surface area contributed by atoms with Crippen LogP contribution in [0, 0.1) is 0 Å². The van der Waals surface area contributed by atoms with Crippen molar-refractivity contribution < 1.29 is 5.11 Å². The summed E-state index contributed by atoms with van der Waals surface area (Å²) in [5.74, 6) is 0. The molecule has 1 aromatic carbocycles. The molecule has 0 amide bonds. The normalized spacial score (nSPS) is 11.5. The number of nitrogens with one attached hydrogen (secondary N) is 1. The summed E-state index contributed by atoms with van der Waals surface area (Å²) in [6.07, 6.45) is 2.04. The van der Waals surface area contributed by atoms with Gasteiger partial charge in [-0.15, -0.1) is 0 Å². The molecule has 0 radical (unpaired) electrons. The van der Waals surface area contributed by atoms with Crippen molar-refractivity contribution in [3.05, 3.63) is 39.9 Å². The second-order valence-electron chi connectivity index (χ2n) is 4.36. The van der Waals surface area contributed by atoms with Gasteiger partial charge in [0.2, 0.25) is 0 Å². The first kappa shape index (κ1) is 12.2. The molecule has 0 saturated heterocycles. The van der Waals surface area contributed by atoms with Gasteiger partial charge in [0.05, 0.1) is 6.33 Å². The van der Waals surface area contributed by atoms with E-state index in [9.17, 15) is 4.79 Å². The lowest BCUT2D eigenvalue weighted by Crippen LogP contribution is -2.21. The molecule has 0 atom stereocenters. The third-order valence-corrected chi connectivity index (χ3v) is 3.33. The van der Waals surface area contributed by atoms with Crippen LogP contribution in [0.5, 0.6) is 0 Å². The third-order valence-electron chi connectivity index (χ3n) is 3.09. The van der Waals surface area contributed by atoms with Crippen molar-refractivity contribution in [1.29, 1.82) is 0 Å². The van der Waals surface area contributed by atoms with Gasteiger partial charge in [-0.3, -0.25) is 9.36 Å². The number of aliphatic hydroxyl groups is 1. The fourth-order valence-corrected chi connectivity index (χ4v) is 2.33. The van der Waals surface area contributed by atoms with Crippen molar-refractivity contribution in [1.82, 2.24) is 14.5 Å². The molecule has 19 heavy (non-hydrogen) atoms. The van der Waals surface area contributed by atoms with Crippen molar-refractivity contribution in [2.24, 2.45) is 0 Å². The van der Waals surface area contributed by atoms with Crippen LogP contribution in [0.25, 0.3) is 21.9 Å². The van der Waals surface area contributed by atoms with E-state index in [0.29, 0.717) is 29.0 Å². The summed E-state index contributed by atoms with van der Waals surface area (Å²) in [6, 6.07) is 5.39. The van der Waals surface area contributed by atoms with E-state index < -0.39 is 0 Å². The van der Waals surface area contributed by atoms with E-state index >= 15 is 0 Å². The molecule has 0 bridgehead atoms. The van der Waals surface area contributed by atoms with Crippen molar-refractivity contribution in [3.8, 4) is 0 Å². The monoisotopic (exact) mass is 277 g/mol. The zero-order valence-electron chi connectivity index (χ0n) is 10.1. The van der Waals surface area contributed by atoms with Crippen LogP contribution >= 0.6 is 11.6 Å². The summed E-state index contributed by atoms with van der Waals surface area (Å²) in [5, 5.41) is 10.3. The molecule has 6 heteroatoms. The minimum absolute atomic E-state index is 0.0484. The molecule has 0 aliphatic heterocycles. The van der Waals surface area contributed by atoms with Crippen molar-refractivity contribution in [2.45, 2.75) is 13.0 Å². The first-order valence-electron chi connectivity index (χ1n) is 5.98. The van der Waals surface area contributed by atoms with Crippen LogP contribution in [0.3, 0.4) is 0 Å². The standard InChI is InChI=1S/C13H12ClN3O2/c14-8-2-3-10-9(6-8)11-12(16-10)13(19)17(7-15-11)4-1-5-18/h2-3,6-7,16,18H,1,4-5H2. The Balaban J connectivity index is 2.26. The van der Waals surface area contributed by atoms with Crippen LogP contribution in [0.4, 0.5) is 0 Å². The summed E-state index contributed by atoms with van der Waals surface area (Å²) < 4.78 is 1.50. The average Bonchev–Trinajstić information content (AvgIpc) is 2.77. The topological polar surface area (TPSA) is 70.9 Å². The van der Waals surface area contributed by atoms with Gasteiger partial charge in [0, 0.05) is 29.1 Å². The van der Waals surface area contributed by atoms with Crippen LogP contribution in [-0.2, 0) is 6.54 Å². The fourth-order valence-electron chi connectivity index (χ4n) is 2.16. The van der Waals surface area contributed by atoms with Gasteiger partial charge in [0.1, 0.15) is 11.0 Å². The highest BCUT2D eigenvalue weighted by atomic mass is 35.5. The molecule has 3 rings (SSSR count). The summed E-state index contributed by atoms with van der Waals surface area (Å²) in [7, 11) is 0. The number of fused-ring (bicyclic) bond motifs is 3. The number of benzene rings is 1. The maximum atomic E-state index is 12.3. The average molecular weight is 278 g/mol. The largest absolute Gasteiger partial charge is 0.396 e. The smallest absolute Gasteiger partial charge is 0.277 e. The van der Waals surface area contributed by atoms with Crippen molar-refractivity contribution >= 4 is 33.5 Å². The van der Waals surface area contributed by atoms with Gasteiger partial charge in [-0.05, 0) is 24.6 Å². The van der Waals surface area contributed by atoms with Crippen molar-refractivity contribution in [3.63, 3.8) is 0 Å². The molecule has 2 heterocycles. The number of halogens is 1. The number of aromatic amines is 1. The number of hydrogen-bond donors (Lipinski definition) is 2. The zero-order chi connectivity index (χ0) is 13.4. The highest BCUT2D eigenvalue weighted by molar-refractivity contribution is 6.31. The van der Waals surface area contributed by atoms with Crippen LogP contribution < -0.4 is 5.56 Å². The Morgan fingerprint density at radius 3 is 3.05 bits per heavy atom. The lowest BCUT2D eigenvalue weighted by atomic mass is 10.2. The van der Waals surface area contributed by atoms with E-state index in [1.807, 2.05) is 6.07 Å². The number of hydrogen-bond acceptors (Lipinski definition) is 3. The number of aliphatic hydroxyl groups excluding tert-OH is 1. The van der Waals surface area contributed by atoms with E-state index in [2.05, 4.69) is 9.97 Å². The molecule has 0 aliphatic carbocycles. The lowest BCUT2D eigenvalue weighted by Gasteiger charge is -2.02. The zero-order valence-corrected chi connectivity index (χ0v) is 10.8. The number of aryl methyl sites for hydroxylation is 1. The second kappa shape index (κ2) is 4.68. The van der Waals surface area contributed by atoms with E-state index in [1.165, 1.54) is 10.9 Å². The maximum absolute atomic E-state index is 12.3. The van der Waals surface area contributed by atoms with Gasteiger partial charge in [-0.2, -0.15) is 0 Å². The minimum atomic E-state index is -0.134. The molecule has 98 valence electrons. The lowest BCUT2D eigenvalue weighted by molar-refractivity contribution is 0.279. The van der Waals surface area contributed by atoms with E-state index in [4.69, 9.17) is 16.7 Å². The Morgan fingerprint density at radius 2 is 2.26 bits per heavy atom. The quantitative estimate of drug-likeness (QED) is 0.768. The Bertz CT molecular complexity index is 807. The molecule has 3 aromatic rings. The van der Waals surface area contributed by atoms with Gasteiger partial charge < -0.3 is 10.1 Å². The molecule has 0 saturated carbocycles. The molecular formula is C13H12ClN3O2. The first-order valence-corrected chi connectivity index (χ1v) is 6.36. The van der Waals surface area contributed by atoms with Gasteiger partial charge in [0.15, 0.2) is 0 Å². The first-order chi connectivity index (χ1) is 9.20. The van der Waals surface area contributed by atoms with Crippen molar-refractivity contribution in [2.75, 3.05) is 6.61 Å². The second-order valence-corrected chi connectivity index (χ2v) is 4.80. The van der Waals surface area contributed by atoms with Crippen LogP contribution in [-0.4, -0.2) is 26.2 Å². The number of rotatable bonds is 3. The van der Waals surface area contributed by atoms with Crippen LogP contribution in [0.2, 0.25) is 5.02 Å². The number of nitrogens with zero attached hydrogens (tertiary/aromatic N) is 2. The minimum Gasteiger partial charge on any atom is -0.396 e. The van der Waals surface area contributed by atoms with Crippen LogP contribution in [0.15, 0.2) is 29.3 Å². The summed E-state index contributed by atoms with van der Waals surface area (Å²) in [6.45, 7) is 0.501. The molecule has 2 N–H and O–H groups in total. The number of aromatic nitrogens is 3. The molecule has 2 aromatic heterocycles. The third kappa shape index (κ3) is 2.01. The van der Waals surface area contributed by atoms with E-state index in [-0.39, 0.29) is 12.2 Å². The number of H-pyrrole nitrogens is 1.